The van der Waals surface area contributed by atoms with Crippen LogP contribution in [0.15, 0.2) is 0 Å². The fourth-order valence-corrected chi connectivity index (χ4v) is 2.26. The van der Waals surface area contributed by atoms with Gasteiger partial charge in [-0.1, -0.05) is 27.7 Å². The summed E-state index contributed by atoms with van der Waals surface area (Å²) in [6.07, 6.45) is 0. The molecule has 0 aliphatic heterocycles. The minimum absolute atomic E-state index is 0.111. The van der Waals surface area contributed by atoms with Gasteiger partial charge in [-0.05, 0) is 11.8 Å². The Kier molecular flexibility index (Phi) is 11.0. The number of amides is 3. The molecule has 10 nitrogen and oxygen atoms in total. The summed E-state index contributed by atoms with van der Waals surface area (Å²) in [5.41, 5.74) is 5.78. The van der Waals surface area contributed by atoms with Crippen LogP contribution in [0.3, 0.4) is 0 Å². The van der Waals surface area contributed by atoms with E-state index in [9.17, 15) is 19.2 Å². The fourth-order valence-electron chi connectivity index (χ4n) is 2.00. The molecule has 0 bridgehead atoms. The lowest BCUT2D eigenvalue weighted by Gasteiger charge is -2.26. The number of carboxylic acids is 1. The van der Waals surface area contributed by atoms with E-state index in [2.05, 4.69) is 28.6 Å². The van der Waals surface area contributed by atoms with E-state index in [1.165, 1.54) is 0 Å². The van der Waals surface area contributed by atoms with Crippen molar-refractivity contribution in [1.29, 1.82) is 0 Å². The molecule has 0 heterocycles. The van der Waals surface area contributed by atoms with E-state index in [0.29, 0.717) is 0 Å². The Balaban J connectivity index is 5.10. The number of thiol groups is 1. The molecule has 4 atom stereocenters. The number of aliphatic hydroxyl groups excluding tert-OH is 1. The van der Waals surface area contributed by atoms with Crippen molar-refractivity contribution in [3.8, 4) is 0 Å². The first-order valence-electron chi connectivity index (χ1n) is 8.57. The van der Waals surface area contributed by atoms with E-state index in [1.807, 2.05) is 0 Å². The zero-order chi connectivity index (χ0) is 21.3. The quantitative estimate of drug-likeness (QED) is 0.196. The molecular formula is C16H30N4O6S. The summed E-state index contributed by atoms with van der Waals surface area (Å²) >= 11 is 3.99. The van der Waals surface area contributed by atoms with Gasteiger partial charge >= 0.3 is 5.97 Å². The lowest BCUT2D eigenvalue weighted by molar-refractivity contribution is -0.143. The van der Waals surface area contributed by atoms with E-state index in [1.54, 1.807) is 27.7 Å². The molecule has 0 rings (SSSR count). The standard InChI is InChI=1S/C16H30N4O6S/c1-7(2)11(17)14(23)20-12(8(3)4)15(24)19-10(6-27)13(22)18-9(5-21)16(25)26/h7-12,21,27H,5-6,17H2,1-4H3,(H,18,22)(H,19,24)(H,20,23)(H,25,26). The largest absolute Gasteiger partial charge is 0.480 e. The van der Waals surface area contributed by atoms with Gasteiger partial charge in [0.15, 0.2) is 0 Å². The molecular weight excluding hydrogens is 376 g/mol. The molecule has 4 unspecified atom stereocenters. The summed E-state index contributed by atoms with van der Waals surface area (Å²) in [5, 5.41) is 25.0. The molecule has 156 valence electrons. The maximum absolute atomic E-state index is 12.5. The number of nitrogens with one attached hydrogen (secondary N) is 3. The average molecular weight is 407 g/mol. The van der Waals surface area contributed by atoms with Crippen LogP contribution in [0.4, 0.5) is 0 Å². The summed E-state index contributed by atoms with van der Waals surface area (Å²) in [6, 6.07) is -4.37. The minimum atomic E-state index is -1.50. The molecule has 27 heavy (non-hydrogen) atoms. The van der Waals surface area contributed by atoms with Gasteiger partial charge < -0.3 is 31.9 Å². The van der Waals surface area contributed by atoms with E-state index in [4.69, 9.17) is 15.9 Å². The Morgan fingerprint density at radius 3 is 1.78 bits per heavy atom. The zero-order valence-electron chi connectivity index (χ0n) is 15.9. The number of carbonyl (C=O) groups excluding carboxylic acids is 3. The topological polar surface area (TPSA) is 171 Å². The van der Waals surface area contributed by atoms with Gasteiger partial charge in [0.2, 0.25) is 17.7 Å². The highest BCUT2D eigenvalue weighted by atomic mass is 32.1. The van der Waals surface area contributed by atoms with Gasteiger partial charge in [0.05, 0.1) is 12.6 Å². The van der Waals surface area contributed by atoms with Crippen molar-refractivity contribution in [2.24, 2.45) is 17.6 Å². The second kappa shape index (κ2) is 11.8. The van der Waals surface area contributed by atoms with Crippen LogP contribution in [-0.2, 0) is 19.2 Å². The first kappa shape index (κ1) is 25.1. The maximum Gasteiger partial charge on any atom is 0.328 e. The molecule has 0 saturated heterocycles. The Bertz CT molecular complexity index is 543. The first-order chi connectivity index (χ1) is 12.5. The highest BCUT2D eigenvalue weighted by Crippen LogP contribution is 2.06. The van der Waals surface area contributed by atoms with Crippen molar-refractivity contribution in [2.75, 3.05) is 12.4 Å². The van der Waals surface area contributed by atoms with Gasteiger partial charge in [-0.15, -0.1) is 0 Å². The zero-order valence-corrected chi connectivity index (χ0v) is 16.8. The number of hydrogen-bond acceptors (Lipinski definition) is 7. The van der Waals surface area contributed by atoms with Gasteiger partial charge in [0, 0.05) is 5.75 Å². The number of nitrogens with two attached hydrogens (primary N) is 1. The Hall–Kier alpha value is -1.85. The molecule has 0 aliphatic carbocycles. The van der Waals surface area contributed by atoms with Crippen LogP contribution in [-0.4, -0.2) is 70.4 Å². The molecule has 0 aliphatic rings. The number of rotatable bonds is 11. The molecule has 0 fully saturated rings. The van der Waals surface area contributed by atoms with Gasteiger partial charge in [-0.25, -0.2) is 4.79 Å². The number of aliphatic carboxylic acids is 1. The lowest BCUT2D eigenvalue weighted by Crippen LogP contribution is -2.59. The maximum atomic E-state index is 12.5. The second-order valence-electron chi connectivity index (χ2n) is 6.83. The van der Waals surface area contributed by atoms with Crippen molar-refractivity contribution in [1.82, 2.24) is 16.0 Å². The number of carboxylic acid groups (broad SMARTS) is 1. The van der Waals surface area contributed by atoms with Crippen LogP contribution in [0.5, 0.6) is 0 Å². The molecule has 0 aromatic heterocycles. The van der Waals surface area contributed by atoms with Gasteiger partial charge in [0.1, 0.15) is 18.1 Å². The molecule has 0 aromatic carbocycles. The molecule has 0 aromatic rings. The third-order valence-corrected chi connectivity index (χ3v) is 4.25. The lowest BCUT2D eigenvalue weighted by atomic mass is 10.00. The second-order valence-corrected chi connectivity index (χ2v) is 7.19. The number of carbonyl (C=O) groups is 4. The number of hydrogen-bond donors (Lipinski definition) is 7. The minimum Gasteiger partial charge on any atom is -0.480 e. The van der Waals surface area contributed by atoms with Crippen molar-refractivity contribution in [2.45, 2.75) is 51.9 Å². The van der Waals surface area contributed by atoms with Crippen LogP contribution < -0.4 is 21.7 Å². The number of aliphatic hydroxyl groups is 1. The van der Waals surface area contributed by atoms with Crippen molar-refractivity contribution >= 4 is 36.3 Å². The molecule has 0 radical (unpaired) electrons. The van der Waals surface area contributed by atoms with Crippen molar-refractivity contribution in [3.05, 3.63) is 0 Å². The summed E-state index contributed by atoms with van der Waals surface area (Å²) in [5.74, 6) is -3.86. The summed E-state index contributed by atoms with van der Waals surface area (Å²) in [7, 11) is 0. The fraction of sp³-hybridized carbons (Fsp3) is 0.750. The predicted octanol–water partition coefficient (Wildman–Crippen LogP) is -1.91. The smallest absolute Gasteiger partial charge is 0.328 e. The Morgan fingerprint density at radius 2 is 1.41 bits per heavy atom. The van der Waals surface area contributed by atoms with E-state index < -0.39 is 54.5 Å². The van der Waals surface area contributed by atoms with E-state index >= 15 is 0 Å². The Morgan fingerprint density at radius 1 is 0.889 bits per heavy atom. The van der Waals surface area contributed by atoms with Crippen molar-refractivity contribution in [3.63, 3.8) is 0 Å². The van der Waals surface area contributed by atoms with Crippen LogP contribution in [0.1, 0.15) is 27.7 Å². The predicted molar refractivity (Wildman–Crippen MR) is 102 cm³/mol. The van der Waals surface area contributed by atoms with Gasteiger partial charge in [-0.2, -0.15) is 12.6 Å². The summed E-state index contributed by atoms with van der Waals surface area (Å²) in [6.45, 7) is 6.18. The van der Waals surface area contributed by atoms with E-state index in [0.717, 1.165) is 0 Å². The third kappa shape index (κ3) is 8.14. The van der Waals surface area contributed by atoms with Gasteiger partial charge in [-0.3, -0.25) is 14.4 Å². The monoisotopic (exact) mass is 406 g/mol. The molecule has 3 amide bonds. The van der Waals surface area contributed by atoms with E-state index in [-0.39, 0.29) is 17.6 Å². The highest BCUT2D eigenvalue weighted by Gasteiger charge is 2.31. The summed E-state index contributed by atoms with van der Waals surface area (Å²) < 4.78 is 0. The first-order valence-corrected chi connectivity index (χ1v) is 9.20. The van der Waals surface area contributed by atoms with Crippen LogP contribution in [0, 0.1) is 11.8 Å². The summed E-state index contributed by atoms with van der Waals surface area (Å²) in [4.78, 5) is 47.7. The van der Waals surface area contributed by atoms with Crippen LogP contribution in [0.25, 0.3) is 0 Å². The molecule has 7 N–H and O–H groups in total. The van der Waals surface area contributed by atoms with Gasteiger partial charge in [0.25, 0.3) is 0 Å². The Labute approximate surface area is 164 Å². The molecule has 0 saturated carbocycles. The molecule has 11 heteroatoms. The average Bonchev–Trinajstić information content (AvgIpc) is 2.59. The van der Waals surface area contributed by atoms with Crippen molar-refractivity contribution < 1.29 is 29.4 Å². The highest BCUT2D eigenvalue weighted by molar-refractivity contribution is 7.80. The SMILES string of the molecule is CC(C)C(N)C(=O)NC(C(=O)NC(CS)C(=O)NC(CO)C(=O)O)C(C)C. The molecule has 0 spiro atoms. The van der Waals surface area contributed by atoms with Crippen LogP contribution >= 0.6 is 12.6 Å². The third-order valence-electron chi connectivity index (χ3n) is 3.88. The van der Waals surface area contributed by atoms with Crippen LogP contribution in [0.2, 0.25) is 0 Å². The normalized spacial score (nSPS) is 15.6.